The Morgan fingerprint density at radius 3 is 2.68 bits per heavy atom. The SMILES string of the molecule is CS(=O)(=O)Nc1cc(C(=O)Nc2ncc(Cc3cccc(Cl)c3)s2)ccc1Cl. The van der Waals surface area contributed by atoms with Crippen molar-refractivity contribution in [2.24, 2.45) is 0 Å². The van der Waals surface area contributed by atoms with Gasteiger partial charge in [0.1, 0.15) is 0 Å². The van der Waals surface area contributed by atoms with Gasteiger partial charge in [0.05, 0.1) is 17.0 Å². The lowest BCUT2D eigenvalue weighted by atomic mass is 10.1. The highest BCUT2D eigenvalue weighted by Gasteiger charge is 2.13. The van der Waals surface area contributed by atoms with Gasteiger partial charge in [-0.15, -0.1) is 11.3 Å². The number of amides is 1. The molecule has 3 aromatic rings. The van der Waals surface area contributed by atoms with Gasteiger partial charge >= 0.3 is 0 Å². The predicted molar refractivity (Wildman–Crippen MR) is 114 cm³/mol. The molecule has 2 aromatic carbocycles. The Labute approximate surface area is 176 Å². The fourth-order valence-electron chi connectivity index (χ4n) is 2.41. The highest BCUT2D eigenvalue weighted by molar-refractivity contribution is 7.92. The summed E-state index contributed by atoms with van der Waals surface area (Å²) in [4.78, 5) is 17.7. The maximum absolute atomic E-state index is 12.5. The molecule has 10 heteroatoms. The minimum atomic E-state index is -3.52. The van der Waals surface area contributed by atoms with Crippen LogP contribution in [0.3, 0.4) is 0 Å². The normalized spacial score (nSPS) is 11.2. The van der Waals surface area contributed by atoms with Gasteiger partial charge in [0, 0.05) is 28.1 Å². The molecule has 0 saturated heterocycles. The van der Waals surface area contributed by atoms with E-state index in [4.69, 9.17) is 23.2 Å². The van der Waals surface area contributed by atoms with E-state index in [9.17, 15) is 13.2 Å². The molecule has 2 N–H and O–H groups in total. The largest absolute Gasteiger partial charge is 0.298 e. The first-order valence-corrected chi connectivity index (χ1v) is 11.4. The molecule has 28 heavy (non-hydrogen) atoms. The summed E-state index contributed by atoms with van der Waals surface area (Å²) in [5, 5.41) is 4.00. The lowest BCUT2D eigenvalue weighted by Crippen LogP contribution is -2.14. The summed E-state index contributed by atoms with van der Waals surface area (Å²) < 4.78 is 25.1. The molecule has 0 radical (unpaired) electrons. The van der Waals surface area contributed by atoms with E-state index < -0.39 is 15.9 Å². The van der Waals surface area contributed by atoms with Crippen LogP contribution in [0, 0.1) is 0 Å². The first-order valence-electron chi connectivity index (χ1n) is 7.97. The van der Waals surface area contributed by atoms with Crippen LogP contribution < -0.4 is 10.0 Å². The molecule has 0 unspecified atom stereocenters. The number of hydrogen-bond acceptors (Lipinski definition) is 5. The first-order chi connectivity index (χ1) is 13.2. The summed E-state index contributed by atoms with van der Waals surface area (Å²) >= 11 is 13.3. The van der Waals surface area contributed by atoms with Crippen LogP contribution in [-0.4, -0.2) is 25.6 Å². The third kappa shape index (κ3) is 5.68. The van der Waals surface area contributed by atoms with Crippen molar-refractivity contribution in [3.8, 4) is 0 Å². The maximum Gasteiger partial charge on any atom is 0.257 e. The van der Waals surface area contributed by atoms with E-state index in [0.29, 0.717) is 16.6 Å². The van der Waals surface area contributed by atoms with E-state index in [0.717, 1.165) is 16.7 Å². The number of nitrogens with one attached hydrogen (secondary N) is 2. The molecule has 0 aliphatic rings. The van der Waals surface area contributed by atoms with Crippen LogP contribution in [0.25, 0.3) is 0 Å². The summed E-state index contributed by atoms with van der Waals surface area (Å²) in [6, 6.07) is 11.9. The van der Waals surface area contributed by atoms with Gasteiger partial charge < -0.3 is 0 Å². The second-order valence-electron chi connectivity index (χ2n) is 5.96. The number of carbonyl (C=O) groups excluding carboxylic acids is 1. The summed E-state index contributed by atoms with van der Waals surface area (Å²) in [6.07, 6.45) is 3.35. The van der Waals surface area contributed by atoms with Gasteiger partial charge in [0.15, 0.2) is 5.13 Å². The number of benzene rings is 2. The molecule has 0 aliphatic heterocycles. The van der Waals surface area contributed by atoms with Crippen LogP contribution in [0.4, 0.5) is 10.8 Å². The average Bonchev–Trinajstić information content (AvgIpc) is 3.02. The van der Waals surface area contributed by atoms with Crippen molar-refractivity contribution >= 4 is 61.3 Å². The van der Waals surface area contributed by atoms with Crippen molar-refractivity contribution in [2.75, 3.05) is 16.3 Å². The molecular formula is C18H15Cl2N3O3S2. The topological polar surface area (TPSA) is 88.2 Å². The monoisotopic (exact) mass is 455 g/mol. The number of hydrogen-bond donors (Lipinski definition) is 2. The van der Waals surface area contributed by atoms with Crippen molar-refractivity contribution in [1.29, 1.82) is 0 Å². The zero-order valence-electron chi connectivity index (χ0n) is 14.6. The molecule has 0 saturated carbocycles. The minimum Gasteiger partial charge on any atom is -0.298 e. The van der Waals surface area contributed by atoms with Gasteiger partial charge in [-0.2, -0.15) is 0 Å². The van der Waals surface area contributed by atoms with E-state index in [-0.39, 0.29) is 16.3 Å². The Kier molecular flexibility index (Phi) is 6.24. The van der Waals surface area contributed by atoms with Gasteiger partial charge in [-0.3, -0.25) is 14.8 Å². The fraction of sp³-hybridized carbons (Fsp3) is 0.111. The number of halogens is 2. The standard InChI is InChI=1S/C18H15Cl2N3O3S2/c1-28(25,26)23-16-9-12(5-6-15(16)20)17(24)22-18-21-10-14(27-18)8-11-3-2-4-13(19)7-11/h2-7,9-10,23H,8H2,1H3,(H,21,22,24). The molecule has 0 fully saturated rings. The quantitative estimate of drug-likeness (QED) is 0.565. The van der Waals surface area contributed by atoms with Gasteiger partial charge in [-0.1, -0.05) is 35.3 Å². The zero-order valence-corrected chi connectivity index (χ0v) is 17.7. The Hall–Kier alpha value is -2.13. The van der Waals surface area contributed by atoms with E-state index >= 15 is 0 Å². The van der Waals surface area contributed by atoms with E-state index in [1.807, 2.05) is 24.3 Å². The molecule has 1 aromatic heterocycles. The lowest BCUT2D eigenvalue weighted by molar-refractivity contribution is 0.102. The average molecular weight is 456 g/mol. The fourth-order valence-corrected chi connectivity index (χ4v) is 4.25. The number of rotatable bonds is 6. The Morgan fingerprint density at radius 1 is 1.18 bits per heavy atom. The number of sulfonamides is 1. The van der Waals surface area contributed by atoms with E-state index in [2.05, 4.69) is 15.0 Å². The molecule has 146 valence electrons. The van der Waals surface area contributed by atoms with Crippen molar-refractivity contribution in [3.05, 3.63) is 74.7 Å². The van der Waals surface area contributed by atoms with Crippen molar-refractivity contribution < 1.29 is 13.2 Å². The summed E-state index contributed by atoms with van der Waals surface area (Å²) in [5.74, 6) is -0.420. The van der Waals surface area contributed by atoms with Crippen molar-refractivity contribution in [1.82, 2.24) is 4.98 Å². The maximum atomic E-state index is 12.5. The smallest absolute Gasteiger partial charge is 0.257 e. The number of carbonyl (C=O) groups is 1. The number of thiazole rings is 1. The molecule has 3 rings (SSSR count). The predicted octanol–water partition coefficient (Wildman–Crippen LogP) is 4.66. The Balaban J connectivity index is 1.71. The van der Waals surface area contributed by atoms with Crippen LogP contribution >= 0.6 is 34.5 Å². The Morgan fingerprint density at radius 2 is 1.96 bits per heavy atom. The number of anilines is 2. The van der Waals surface area contributed by atoms with Crippen LogP contribution in [0.1, 0.15) is 20.8 Å². The van der Waals surface area contributed by atoms with Crippen molar-refractivity contribution in [2.45, 2.75) is 6.42 Å². The van der Waals surface area contributed by atoms with E-state index in [1.165, 1.54) is 29.5 Å². The molecule has 1 heterocycles. The van der Waals surface area contributed by atoms with Crippen LogP contribution in [0.5, 0.6) is 0 Å². The van der Waals surface area contributed by atoms with Gasteiger partial charge in [-0.05, 0) is 35.9 Å². The number of nitrogens with zero attached hydrogens (tertiary/aromatic N) is 1. The second kappa shape index (κ2) is 8.48. The third-order valence-corrected chi connectivity index (χ3v) is 5.63. The summed E-state index contributed by atoms with van der Waals surface area (Å²) in [6.45, 7) is 0. The lowest BCUT2D eigenvalue weighted by Gasteiger charge is -2.08. The molecule has 0 aliphatic carbocycles. The number of aromatic nitrogens is 1. The molecule has 6 nitrogen and oxygen atoms in total. The second-order valence-corrected chi connectivity index (χ2v) is 9.67. The zero-order chi connectivity index (χ0) is 20.3. The molecule has 0 spiro atoms. The highest BCUT2D eigenvalue weighted by Crippen LogP contribution is 2.26. The molecule has 0 atom stereocenters. The first kappa shape index (κ1) is 20.6. The minimum absolute atomic E-state index is 0.137. The van der Waals surface area contributed by atoms with Crippen LogP contribution in [0.2, 0.25) is 10.0 Å². The summed E-state index contributed by atoms with van der Waals surface area (Å²) in [5.41, 5.74) is 1.43. The Bertz CT molecular complexity index is 1130. The highest BCUT2D eigenvalue weighted by atomic mass is 35.5. The third-order valence-electron chi connectivity index (χ3n) is 3.57. The van der Waals surface area contributed by atoms with Crippen LogP contribution in [-0.2, 0) is 16.4 Å². The molecule has 1 amide bonds. The summed E-state index contributed by atoms with van der Waals surface area (Å²) in [7, 11) is -3.52. The van der Waals surface area contributed by atoms with Crippen molar-refractivity contribution in [3.63, 3.8) is 0 Å². The van der Waals surface area contributed by atoms with Gasteiger partial charge in [0.25, 0.3) is 5.91 Å². The van der Waals surface area contributed by atoms with Crippen LogP contribution in [0.15, 0.2) is 48.7 Å². The molecule has 0 bridgehead atoms. The van der Waals surface area contributed by atoms with Gasteiger partial charge in [0.2, 0.25) is 10.0 Å². The van der Waals surface area contributed by atoms with Gasteiger partial charge in [-0.25, -0.2) is 13.4 Å². The van der Waals surface area contributed by atoms with E-state index in [1.54, 1.807) is 6.20 Å². The molecular weight excluding hydrogens is 441 g/mol.